The summed E-state index contributed by atoms with van der Waals surface area (Å²) in [5.74, 6) is -2.99. The molecule has 1 aliphatic heterocycles. The van der Waals surface area contributed by atoms with Crippen LogP contribution in [0.1, 0.15) is 61.3 Å². The molecule has 2 N–H and O–H groups in total. The zero-order valence-corrected chi connectivity index (χ0v) is 18.1. The third-order valence-corrected chi connectivity index (χ3v) is 3.85. The molecule has 1 aliphatic rings. The molecular formula is C21H37F3O4. The summed E-state index contributed by atoms with van der Waals surface area (Å²) in [4.78, 5) is 0. The van der Waals surface area contributed by atoms with E-state index in [1.54, 1.807) is 6.92 Å². The molecule has 4 atom stereocenters. The fourth-order valence-electron chi connectivity index (χ4n) is 2.09. The Labute approximate surface area is 167 Å². The second-order valence-corrected chi connectivity index (χ2v) is 6.11. The summed E-state index contributed by atoms with van der Waals surface area (Å²) in [6.45, 7) is 16.1. The molecule has 0 fully saturated rings. The van der Waals surface area contributed by atoms with Crippen LogP contribution in [0.3, 0.4) is 0 Å². The Balaban J connectivity index is 0. The van der Waals surface area contributed by atoms with Gasteiger partial charge < -0.3 is 19.7 Å². The van der Waals surface area contributed by atoms with Gasteiger partial charge in [-0.1, -0.05) is 27.4 Å². The van der Waals surface area contributed by atoms with Gasteiger partial charge >= 0.3 is 0 Å². The molecule has 1 heterocycles. The first-order chi connectivity index (χ1) is 13.0. The lowest BCUT2D eigenvalue weighted by Gasteiger charge is -2.20. The number of hydrogen-bond acceptors (Lipinski definition) is 4. The first-order valence-electron chi connectivity index (χ1n) is 9.72. The largest absolute Gasteiger partial charge is 0.495 e. The van der Waals surface area contributed by atoms with Crippen LogP contribution in [0, 0.1) is 0 Å². The zero-order valence-electron chi connectivity index (χ0n) is 18.1. The smallest absolute Gasteiger partial charge is 0.298 e. The number of halogens is 3. The molecule has 0 aromatic heterocycles. The van der Waals surface area contributed by atoms with Crippen LogP contribution in [-0.2, 0) is 9.47 Å². The minimum absolute atomic E-state index is 0.0580. The van der Waals surface area contributed by atoms with Gasteiger partial charge in [0.15, 0.2) is 6.10 Å². The Morgan fingerprint density at radius 3 is 2.25 bits per heavy atom. The third kappa shape index (κ3) is 9.64. The van der Waals surface area contributed by atoms with E-state index in [1.807, 2.05) is 34.6 Å². The van der Waals surface area contributed by atoms with E-state index < -0.39 is 24.3 Å². The molecule has 4 nitrogen and oxygen atoms in total. The third-order valence-electron chi connectivity index (χ3n) is 3.85. The molecule has 4 unspecified atom stereocenters. The van der Waals surface area contributed by atoms with Crippen LogP contribution in [0.2, 0.25) is 0 Å². The van der Waals surface area contributed by atoms with Crippen LogP contribution >= 0.6 is 0 Å². The first kappa shape index (κ1) is 28.7. The van der Waals surface area contributed by atoms with Crippen LogP contribution in [-0.4, -0.2) is 47.2 Å². The van der Waals surface area contributed by atoms with Crippen molar-refractivity contribution < 1.29 is 32.9 Å². The van der Waals surface area contributed by atoms with E-state index >= 15 is 0 Å². The Hall–Kier alpha value is -1.47. The summed E-state index contributed by atoms with van der Waals surface area (Å²) >= 11 is 0. The number of hydrogen-bond donors (Lipinski definition) is 2. The summed E-state index contributed by atoms with van der Waals surface area (Å²) in [5.41, 5.74) is 0.902. The standard InChI is InChI=1S/C10H19FO2.C9H12F2O2.C2H6/c1-5-7(3)10(13-6-2)9(12)8(4)11;1-3-9(10,11)8(12)7-5-4-6(2)13-7;1-2/h8-9,12H,5-6H2,1-4H3;3,5-6,8,12H,1,4H2,2H3;1-2H3/b10-7-;;. The van der Waals surface area contributed by atoms with Gasteiger partial charge in [0.2, 0.25) is 0 Å². The van der Waals surface area contributed by atoms with Gasteiger partial charge in [0.25, 0.3) is 5.92 Å². The average Bonchev–Trinajstić information content (AvgIpc) is 3.12. The minimum Gasteiger partial charge on any atom is -0.495 e. The predicted molar refractivity (Wildman–Crippen MR) is 107 cm³/mol. The van der Waals surface area contributed by atoms with Crippen LogP contribution < -0.4 is 0 Å². The molecule has 0 radical (unpaired) electrons. The number of aliphatic hydroxyl groups excluding tert-OH is 2. The second kappa shape index (κ2) is 14.5. The summed E-state index contributed by atoms with van der Waals surface area (Å²) < 4.78 is 48.7. The van der Waals surface area contributed by atoms with Crippen molar-refractivity contribution in [3.63, 3.8) is 0 Å². The fraction of sp³-hybridized carbons (Fsp3) is 0.714. The van der Waals surface area contributed by atoms with E-state index in [-0.39, 0.29) is 11.9 Å². The highest BCUT2D eigenvalue weighted by atomic mass is 19.3. The van der Waals surface area contributed by atoms with Crippen molar-refractivity contribution in [2.24, 2.45) is 0 Å². The van der Waals surface area contributed by atoms with E-state index in [9.17, 15) is 23.4 Å². The van der Waals surface area contributed by atoms with Crippen molar-refractivity contribution >= 4 is 0 Å². The molecular weight excluding hydrogens is 373 g/mol. The van der Waals surface area contributed by atoms with Crippen molar-refractivity contribution in [3.05, 3.63) is 35.8 Å². The second-order valence-electron chi connectivity index (χ2n) is 6.11. The Morgan fingerprint density at radius 1 is 1.39 bits per heavy atom. The molecule has 7 heteroatoms. The quantitative estimate of drug-likeness (QED) is 0.420. The topological polar surface area (TPSA) is 58.9 Å². The Morgan fingerprint density at radius 2 is 1.93 bits per heavy atom. The minimum atomic E-state index is -3.32. The highest BCUT2D eigenvalue weighted by Crippen LogP contribution is 2.29. The molecule has 0 bridgehead atoms. The lowest BCUT2D eigenvalue weighted by molar-refractivity contribution is -0.0754. The molecule has 28 heavy (non-hydrogen) atoms. The van der Waals surface area contributed by atoms with E-state index in [4.69, 9.17) is 9.47 Å². The van der Waals surface area contributed by atoms with E-state index in [0.29, 0.717) is 24.9 Å². The lowest BCUT2D eigenvalue weighted by atomic mass is 10.1. The average molecular weight is 411 g/mol. The molecule has 166 valence electrons. The van der Waals surface area contributed by atoms with Gasteiger partial charge in [0, 0.05) is 6.42 Å². The van der Waals surface area contributed by atoms with Crippen molar-refractivity contribution in [2.75, 3.05) is 6.61 Å². The summed E-state index contributed by atoms with van der Waals surface area (Å²) in [7, 11) is 0. The Kier molecular flexibility index (Phi) is 14.9. The molecule has 0 aromatic carbocycles. The van der Waals surface area contributed by atoms with Gasteiger partial charge in [-0.25, -0.2) is 4.39 Å². The maximum Gasteiger partial charge on any atom is 0.298 e. The number of alkyl halides is 3. The predicted octanol–water partition coefficient (Wildman–Crippen LogP) is 5.31. The van der Waals surface area contributed by atoms with Gasteiger partial charge in [-0.2, -0.15) is 8.78 Å². The van der Waals surface area contributed by atoms with Crippen molar-refractivity contribution in [3.8, 4) is 0 Å². The fourth-order valence-corrected chi connectivity index (χ4v) is 2.09. The molecule has 0 amide bonds. The summed E-state index contributed by atoms with van der Waals surface area (Å²) in [6, 6.07) is 0. The van der Waals surface area contributed by atoms with Gasteiger partial charge in [-0.3, -0.25) is 0 Å². The molecule has 0 aliphatic carbocycles. The van der Waals surface area contributed by atoms with Gasteiger partial charge in [0.1, 0.15) is 23.8 Å². The highest BCUT2D eigenvalue weighted by molar-refractivity contribution is 5.13. The molecule has 0 spiro atoms. The number of ether oxygens (including phenoxy) is 2. The van der Waals surface area contributed by atoms with Crippen LogP contribution in [0.25, 0.3) is 0 Å². The van der Waals surface area contributed by atoms with Crippen LogP contribution in [0.15, 0.2) is 35.8 Å². The lowest BCUT2D eigenvalue weighted by Crippen LogP contribution is -2.33. The number of aliphatic hydroxyl groups is 2. The number of rotatable bonds is 8. The van der Waals surface area contributed by atoms with Crippen molar-refractivity contribution in [1.29, 1.82) is 0 Å². The van der Waals surface area contributed by atoms with E-state index in [2.05, 4.69) is 6.58 Å². The summed E-state index contributed by atoms with van der Waals surface area (Å²) in [5, 5.41) is 18.6. The first-order valence-corrected chi connectivity index (χ1v) is 9.72. The monoisotopic (exact) mass is 410 g/mol. The molecule has 0 saturated carbocycles. The van der Waals surface area contributed by atoms with E-state index in [0.717, 1.165) is 12.0 Å². The van der Waals surface area contributed by atoms with Crippen molar-refractivity contribution in [2.45, 2.75) is 91.7 Å². The van der Waals surface area contributed by atoms with Crippen LogP contribution in [0.5, 0.6) is 0 Å². The van der Waals surface area contributed by atoms with Gasteiger partial charge in [-0.15, -0.1) is 0 Å². The molecule has 0 aromatic rings. The maximum absolute atomic E-state index is 12.8. The van der Waals surface area contributed by atoms with Gasteiger partial charge in [0.05, 0.1) is 12.7 Å². The zero-order chi connectivity index (χ0) is 22.5. The van der Waals surface area contributed by atoms with Crippen molar-refractivity contribution in [1.82, 2.24) is 0 Å². The highest BCUT2D eigenvalue weighted by Gasteiger charge is 2.40. The SMILES string of the molecule is C=CC(F)(F)C(O)C1=CCC(C)O1.CC.CCO/C(=C(/C)CC)C(O)C(C)F. The normalized spacial score (nSPS) is 20.0. The molecule has 0 saturated heterocycles. The number of allylic oxidation sites excluding steroid dienone is 1. The summed E-state index contributed by atoms with van der Waals surface area (Å²) in [6.07, 6.45) is -1.24. The Bertz CT molecular complexity index is 502. The molecule has 1 rings (SSSR count). The van der Waals surface area contributed by atoms with Gasteiger partial charge in [-0.05, 0) is 51.8 Å². The van der Waals surface area contributed by atoms with Crippen LogP contribution in [0.4, 0.5) is 13.2 Å². The maximum atomic E-state index is 12.8. The van der Waals surface area contributed by atoms with E-state index in [1.165, 1.54) is 13.0 Å².